The molecule has 0 saturated carbocycles. The van der Waals surface area contributed by atoms with Crippen molar-refractivity contribution in [2.24, 2.45) is 0 Å². The van der Waals surface area contributed by atoms with E-state index in [-0.39, 0.29) is 18.7 Å². The quantitative estimate of drug-likeness (QED) is 0.686. The zero-order chi connectivity index (χ0) is 20.1. The van der Waals surface area contributed by atoms with Crippen molar-refractivity contribution < 1.29 is 18.4 Å². The highest BCUT2D eigenvalue weighted by Gasteiger charge is 2.10. The number of aromatic nitrogens is 2. The molecule has 0 saturated heterocycles. The van der Waals surface area contributed by atoms with Gasteiger partial charge in [0.15, 0.2) is 0 Å². The van der Waals surface area contributed by atoms with E-state index in [9.17, 15) is 18.4 Å². The van der Waals surface area contributed by atoms with Crippen LogP contribution in [0.25, 0.3) is 5.69 Å². The predicted octanol–water partition coefficient (Wildman–Crippen LogP) is 2.51. The van der Waals surface area contributed by atoms with Gasteiger partial charge in [0.25, 0.3) is 5.91 Å². The number of carbonyl (C=O) groups is 2. The van der Waals surface area contributed by atoms with Crippen molar-refractivity contribution in [3.63, 3.8) is 0 Å². The lowest BCUT2D eigenvalue weighted by molar-refractivity contribution is -0.120. The van der Waals surface area contributed by atoms with Crippen LogP contribution < -0.4 is 10.6 Å². The average molecular weight is 384 g/mol. The molecule has 0 aliphatic carbocycles. The van der Waals surface area contributed by atoms with Gasteiger partial charge in [-0.3, -0.25) is 9.59 Å². The molecule has 1 heterocycles. The van der Waals surface area contributed by atoms with Crippen molar-refractivity contribution in [2.75, 3.05) is 6.54 Å². The number of benzene rings is 2. The monoisotopic (exact) mass is 384 g/mol. The number of halogens is 2. The first-order valence-corrected chi connectivity index (χ1v) is 8.53. The molecule has 3 aromatic rings. The fourth-order valence-corrected chi connectivity index (χ4v) is 2.62. The highest BCUT2D eigenvalue weighted by Crippen LogP contribution is 2.16. The summed E-state index contributed by atoms with van der Waals surface area (Å²) < 4.78 is 28.8. The van der Waals surface area contributed by atoms with Gasteiger partial charge in [-0.15, -0.1) is 0 Å². The first kappa shape index (κ1) is 19.2. The van der Waals surface area contributed by atoms with E-state index in [4.69, 9.17) is 0 Å². The smallest absolute Gasteiger partial charge is 0.251 e. The van der Waals surface area contributed by atoms with Crippen LogP contribution in [-0.2, 0) is 11.3 Å². The number of amides is 2. The molecule has 2 N–H and O–H groups in total. The van der Waals surface area contributed by atoms with Crippen LogP contribution >= 0.6 is 0 Å². The summed E-state index contributed by atoms with van der Waals surface area (Å²) in [5, 5.41) is 5.05. The van der Waals surface area contributed by atoms with Crippen LogP contribution in [0.5, 0.6) is 0 Å². The Balaban J connectivity index is 1.52. The Labute approximate surface area is 160 Å². The molecule has 0 aliphatic rings. The molecule has 28 heavy (non-hydrogen) atoms. The van der Waals surface area contributed by atoms with Crippen LogP contribution in [0.3, 0.4) is 0 Å². The maximum Gasteiger partial charge on any atom is 0.251 e. The van der Waals surface area contributed by atoms with Crippen molar-refractivity contribution in [1.29, 1.82) is 0 Å². The van der Waals surface area contributed by atoms with Gasteiger partial charge in [0, 0.05) is 24.5 Å². The second kappa shape index (κ2) is 8.43. The molecule has 2 amide bonds. The largest absolute Gasteiger partial charge is 0.350 e. The molecule has 0 unspecified atom stereocenters. The minimum absolute atomic E-state index is 0.116. The number of hydrogen-bond acceptors (Lipinski definition) is 3. The molecular formula is C20H18F2N4O2. The normalized spacial score (nSPS) is 10.5. The fourth-order valence-electron chi connectivity index (χ4n) is 2.62. The number of nitrogens with zero attached hydrogens (tertiary/aromatic N) is 2. The van der Waals surface area contributed by atoms with Gasteiger partial charge in [0.05, 0.1) is 12.2 Å². The summed E-state index contributed by atoms with van der Waals surface area (Å²) in [5.41, 5.74) is 1.20. The summed E-state index contributed by atoms with van der Waals surface area (Å²) in [6.07, 6.45) is 3.25. The molecule has 0 atom stereocenters. The van der Waals surface area contributed by atoms with Gasteiger partial charge >= 0.3 is 0 Å². The molecule has 0 spiro atoms. The topological polar surface area (TPSA) is 76.0 Å². The van der Waals surface area contributed by atoms with Gasteiger partial charge in [-0.05, 0) is 48.9 Å². The molecule has 0 bridgehead atoms. The Morgan fingerprint density at radius 1 is 1.07 bits per heavy atom. The average Bonchev–Trinajstić information content (AvgIpc) is 3.10. The van der Waals surface area contributed by atoms with Crippen LogP contribution in [0.4, 0.5) is 8.78 Å². The number of nitrogens with one attached hydrogen (secondary N) is 2. The molecule has 0 radical (unpaired) electrons. The standard InChI is InChI=1S/C20H18F2N4O2/c1-13-23-8-9-26(13)18-7-2-14(10-17(18)22)11-24-19(27)12-25-20(28)15-3-5-16(21)6-4-15/h2-10H,11-12H2,1H3,(H,24,27)(H,25,28). The van der Waals surface area contributed by atoms with Crippen molar-refractivity contribution in [1.82, 2.24) is 20.2 Å². The van der Waals surface area contributed by atoms with E-state index in [0.29, 0.717) is 17.1 Å². The van der Waals surface area contributed by atoms with Gasteiger partial charge in [-0.25, -0.2) is 13.8 Å². The second-order valence-corrected chi connectivity index (χ2v) is 6.10. The molecule has 8 heteroatoms. The van der Waals surface area contributed by atoms with Crippen molar-refractivity contribution in [2.45, 2.75) is 13.5 Å². The summed E-state index contributed by atoms with van der Waals surface area (Å²) in [4.78, 5) is 27.8. The Morgan fingerprint density at radius 3 is 2.46 bits per heavy atom. The first-order chi connectivity index (χ1) is 13.4. The van der Waals surface area contributed by atoms with E-state index < -0.39 is 23.4 Å². The number of rotatable bonds is 6. The van der Waals surface area contributed by atoms with Gasteiger partial charge in [-0.1, -0.05) is 6.07 Å². The first-order valence-electron chi connectivity index (χ1n) is 8.53. The third kappa shape index (κ3) is 4.59. The SMILES string of the molecule is Cc1nccn1-c1ccc(CNC(=O)CNC(=O)c2ccc(F)cc2)cc1F. The Kier molecular flexibility index (Phi) is 5.78. The van der Waals surface area contributed by atoms with Crippen molar-refractivity contribution >= 4 is 11.8 Å². The van der Waals surface area contributed by atoms with E-state index in [2.05, 4.69) is 15.6 Å². The maximum absolute atomic E-state index is 14.3. The Hall–Kier alpha value is -3.55. The van der Waals surface area contributed by atoms with Gasteiger partial charge in [0.2, 0.25) is 5.91 Å². The minimum atomic E-state index is -0.485. The molecule has 0 aliphatic heterocycles. The fraction of sp³-hybridized carbons (Fsp3) is 0.150. The molecule has 1 aromatic heterocycles. The third-order valence-corrected chi connectivity index (χ3v) is 4.10. The van der Waals surface area contributed by atoms with E-state index in [1.54, 1.807) is 36.0 Å². The number of imidazole rings is 1. The maximum atomic E-state index is 14.3. The summed E-state index contributed by atoms with van der Waals surface area (Å²) in [6.45, 7) is 1.64. The zero-order valence-electron chi connectivity index (χ0n) is 15.1. The molecule has 0 fully saturated rings. The van der Waals surface area contributed by atoms with Crippen LogP contribution in [0, 0.1) is 18.6 Å². The van der Waals surface area contributed by atoms with Crippen LogP contribution in [0.2, 0.25) is 0 Å². The molecular weight excluding hydrogens is 366 g/mol. The molecule has 6 nitrogen and oxygen atoms in total. The van der Waals surface area contributed by atoms with E-state index in [0.717, 1.165) is 0 Å². The van der Waals surface area contributed by atoms with Gasteiger partial charge in [-0.2, -0.15) is 0 Å². The van der Waals surface area contributed by atoms with Crippen molar-refractivity contribution in [3.8, 4) is 5.69 Å². The number of carbonyl (C=O) groups excluding carboxylic acids is 2. The lowest BCUT2D eigenvalue weighted by Crippen LogP contribution is -2.36. The van der Waals surface area contributed by atoms with E-state index >= 15 is 0 Å². The Morgan fingerprint density at radius 2 is 1.82 bits per heavy atom. The number of hydrogen-bond donors (Lipinski definition) is 2. The summed E-state index contributed by atoms with van der Waals surface area (Å²) in [6, 6.07) is 9.64. The minimum Gasteiger partial charge on any atom is -0.350 e. The highest BCUT2D eigenvalue weighted by atomic mass is 19.1. The van der Waals surface area contributed by atoms with Gasteiger partial charge < -0.3 is 15.2 Å². The number of aryl methyl sites for hydroxylation is 1. The molecule has 144 valence electrons. The lowest BCUT2D eigenvalue weighted by atomic mass is 10.2. The van der Waals surface area contributed by atoms with Crippen LogP contribution in [0.1, 0.15) is 21.7 Å². The predicted molar refractivity (Wildman–Crippen MR) is 98.8 cm³/mol. The Bertz CT molecular complexity index is 1000. The van der Waals surface area contributed by atoms with Crippen LogP contribution in [-0.4, -0.2) is 27.9 Å². The van der Waals surface area contributed by atoms with E-state index in [1.807, 2.05) is 0 Å². The molecule has 3 rings (SSSR count). The summed E-state index contributed by atoms with van der Waals surface area (Å²) in [5.74, 6) is -1.13. The summed E-state index contributed by atoms with van der Waals surface area (Å²) >= 11 is 0. The van der Waals surface area contributed by atoms with E-state index in [1.165, 1.54) is 30.3 Å². The van der Waals surface area contributed by atoms with Crippen LogP contribution in [0.15, 0.2) is 54.9 Å². The zero-order valence-corrected chi connectivity index (χ0v) is 15.1. The molecule has 2 aromatic carbocycles. The summed E-state index contributed by atoms with van der Waals surface area (Å²) in [7, 11) is 0. The third-order valence-electron chi connectivity index (χ3n) is 4.10. The lowest BCUT2D eigenvalue weighted by Gasteiger charge is -2.10. The van der Waals surface area contributed by atoms with Crippen molar-refractivity contribution in [3.05, 3.63) is 83.4 Å². The van der Waals surface area contributed by atoms with Gasteiger partial charge in [0.1, 0.15) is 17.5 Å². The highest BCUT2D eigenvalue weighted by molar-refractivity contribution is 5.96. The second-order valence-electron chi connectivity index (χ2n) is 6.10.